The van der Waals surface area contributed by atoms with E-state index >= 15 is 0 Å². The van der Waals surface area contributed by atoms with Crippen molar-refractivity contribution in [1.82, 2.24) is 0 Å². The minimum Gasteiger partial charge on any atom is -0.481 e. The van der Waals surface area contributed by atoms with Crippen LogP contribution in [0.4, 0.5) is 0 Å². The summed E-state index contributed by atoms with van der Waals surface area (Å²) < 4.78 is 5.22. The van der Waals surface area contributed by atoms with Crippen molar-refractivity contribution in [3.63, 3.8) is 0 Å². The van der Waals surface area contributed by atoms with E-state index in [9.17, 15) is 4.79 Å². The van der Waals surface area contributed by atoms with Crippen molar-refractivity contribution in [3.05, 3.63) is 29.7 Å². The zero-order chi connectivity index (χ0) is 11.9. The molecule has 2 rings (SSSR count). The maximum atomic E-state index is 11.0. The topological polar surface area (TPSA) is 50.4 Å². The molecule has 1 fully saturated rings. The zero-order valence-corrected chi connectivity index (χ0v) is 9.73. The van der Waals surface area contributed by atoms with Gasteiger partial charge < -0.3 is 9.52 Å². The van der Waals surface area contributed by atoms with Gasteiger partial charge in [0.15, 0.2) is 0 Å². The summed E-state index contributed by atoms with van der Waals surface area (Å²) in [6, 6.07) is 3.69. The second kappa shape index (κ2) is 3.51. The molecule has 3 heteroatoms. The molecule has 0 amide bonds. The average Bonchev–Trinajstić information content (AvgIpc) is 2.58. The molecule has 0 spiro atoms. The molecule has 0 bridgehead atoms. The fourth-order valence-electron chi connectivity index (χ4n) is 2.64. The van der Waals surface area contributed by atoms with E-state index in [4.69, 9.17) is 9.52 Å². The minimum atomic E-state index is -0.706. The molecular weight excluding hydrogens is 204 g/mol. The van der Waals surface area contributed by atoms with Crippen LogP contribution in [0.5, 0.6) is 0 Å². The highest BCUT2D eigenvalue weighted by molar-refractivity contribution is 5.77. The summed E-state index contributed by atoms with van der Waals surface area (Å²) in [7, 11) is 0. The summed E-state index contributed by atoms with van der Waals surface area (Å²) in [5.41, 5.74) is 0.936. The standard InChI is InChI=1S/C13H16O3/c1-8(7-9-5-4-6-16-9)10-11(12(14)15)13(10,2)3/h4-7,10-11H,1-3H3,(H,14,15)/b8-7+. The van der Waals surface area contributed by atoms with Gasteiger partial charge in [0.2, 0.25) is 0 Å². The fraction of sp³-hybridized carbons (Fsp3) is 0.462. The first-order valence-electron chi connectivity index (χ1n) is 5.39. The van der Waals surface area contributed by atoms with Gasteiger partial charge in [0, 0.05) is 0 Å². The quantitative estimate of drug-likeness (QED) is 0.851. The van der Waals surface area contributed by atoms with E-state index in [0.29, 0.717) is 0 Å². The van der Waals surface area contributed by atoms with Crippen molar-refractivity contribution in [3.8, 4) is 0 Å². The molecule has 16 heavy (non-hydrogen) atoms. The van der Waals surface area contributed by atoms with Crippen molar-refractivity contribution in [2.45, 2.75) is 20.8 Å². The van der Waals surface area contributed by atoms with Crippen molar-refractivity contribution in [2.75, 3.05) is 0 Å². The number of rotatable bonds is 3. The average molecular weight is 220 g/mol. The highest BCUT2D eigenvalue weighted by atomic mass is 16.4. The van der Waals surface area contributed by atoms with E-state index in [1.807, 2.05) is 39.0 Å². The van der Waals surface area contributed by atoms with Gasteiger partial charge in [-0.15, -0.1) is 0 Å². The summed E-state index contributed by atoms with van der Waals surface area (Å²) >= 11 is 0. The Hall–Kier alpha value is -1.51. The predicted octanol–water partition coefficient (Wildman–Crippen LogP) is 3.04. The van der Waals surface area contributed by atoms with E-state index in [1.165, 1.54) is 0 Å². The van der Waals surface area contributed by atoms with Crippen LogP contribution in [0, 0.1) is 17.3 Å². The second-order valence-corrected chi connectivity index (χ2v) is 5.02. The monoisotopic (exact) mass is 220 g/mol. The molecule has 1 aliphatic carbocycles. The molecule has 1 saturated carbocycles. The molecular formula is C13H16O3. The first kappa shape index (κ1) is 11.0. The number of allylic oxidation sites excluding steroid dienone is 1. The fourth-order valence-corrected chi connectivity index (χ4v) is 2.64. The lowest BCUT2D eigenvalue weighted by Crippen LogP contribution is -2.03. The minimum absolute atomic E-state index is 0.120. The number of furan rings is 1. The first-order valence-corrected chi connectivity index (χ1v) is 5.39. The molecule has 1 aromatic heterocycles. The van der Waals surface area contributed by atoms with Crippen LogP contribution >= 0.6 is 0 Å². The van der Waals surface area contributed by atoms with Crippen LogP contribution in [0.1, 0.15) is 26.5 Å². The Morgan fingerprint density at radius 3 is 2.62 bits per heavy atom. The van der Waals surface area contributed by atoms with Crippen molar-refractivity contribution in [1.29, 1.82) is 0 Å². The number of carboxylic acid groups (broad SMARTS) is 1. The van der Waals surface area contributed by atoms with Gasteiger partial charge in [-0.1, -0.05) is 19.4 Å². The van der Waals surface area contributed by atoms with Gasteiger partial charge in [-0.05, 0) is 36.5 Å². The van der Waals surface area contributed by atoms with Gasteiger partial charge in [-0.3, -0.25) is 4.79 Å². The van der Waals surface area contributed by atoms with E-state index in [2.05, 4.69) is 0 Å². The van der Waals surface area contributed by atoms with Gasteiger partial charge in [0.1, 0.15) is 5.76 Å². The van der Waals surface area contributed by atoms with Gasteiger partial charge in [0.05, 0.1) is 12.2 Å². The number of hydrogen-bond donors (Lipinski definition) is 1. The highest BCUT2D eigenvalue weighted by Gasteiger charge is 2.62. The summed E-state index contributed by atoms with van der Waals surface area (Å²) in [5, 5.41) is 9.08. The number of aliphatic carboxylic acids is 1. The first-order chi connectivity index (χ1) is 7.44. The Bertz CT molecular complexity index is 426. The summed E-state index contributed by atoms with van der Waals surface area (Å²) in [6.45, 7) is 5.96. The Morgan fingerprint density at radius 2 is 2.19 bits per heavy atom. The molecule has 86 valence electrons. The third-order valence-electron chi connectivity index (χ3n) is 3.50. The lowest BCUT2D eigenvalue weighted by molar-refractivity contribution is -0.139. The van der Waals surface area contributed by atoms with Crippen LogP contribution in [0.15, 0.2) is 28.4 Å². The molecule has 0 aromatic carbocycles. The second-order valence-electron chi connectivity index (χ2n) is 5.02. The maximum Gasteiger partial charge on any atom is 0.307 e. The van der Waals surface area contributed by atoms with Crippen LogP contribution in [0.25, 0.3) is 6.08 Å². The van der Waals surface area contributed by atoms with E-state index in [-0.39, 0.29) is 17.3 Å². The largest absolute Gasteiger partial charge is 0.481 e. The van der Waals surface area contributed by atoms with Crippen LogP contribution in [-0.4, -0.2) is 11.1 Å². The Balaban J connectivity index is 2.19. The van der Waals surface area contributed by atoms with Gasteiger partial charge in [-0.25, -0.2) is 0 Å². The highest BCUT2D eigenvalue weighted by Crippen LogP contribution is 2.61. The molecule has 1 aromatic rings. The Kier molecular flexibility index (Phi) is 2.41. The summed E-state index contributed by atoms with van der Waals surface area (Å²) in [4.78, 5) is 11.0. The zero-order valence-electron chi connectivity index (χ0n) is 9.73. The van der Waals surface area contributed by atoms with Gasteiger partial charge >= 0.3 is 5.97 Å². The summed E-state index contributed by atoms with van der Waals surface area (Å²) in [6.07, 6.45) is 3.54. The Labute approximate surface area is 94.8 Å². The molecule has 2 unspecified atom stereocenters. The molecule has 1 aliphatic rings. The third kappa shape index (κ3) is 1.66. The van der Waals surface area contributed by atoms with Gasteiger partial charge in [0.25, 0.3) is 0 Å². The molecule has 2 atom stereocenters. The lowest BCUT2D eigenvalue weighted by atomic mass is 10.0. The van der Waals surface area contributed by atoms with Crippen LogP contribution in [0.2, 0.25) is 0 Å². The van der Waals surface area contributed by atoms with Crippen molar-refractivity contribution < 1.29 is 14.3 Å². The number of carbonyl (C=O) groups is 1. The summed E-state index contributed by atoms with van der Waals surface area (Å²) in [5.74, 6) is -0.0691. The molecule has 1 N–H and O–H groups in total. The normalized spacial score (nSPS) is 27.8. The molecule has 3 nitrogen and oxygen atoms in total. The molecule has 0 saturated heterocycles. The maximum absolute atomic E-state index is 11.0. The smallest absolute Gasteiger partial charge is 0.307 e. The van der Waals surface area contributed by atoms with Crippen LogP contribution < -0.4 is 0 Å². The molecule has 0 radical (unpaired) electrons. The van der Waals surface area contributed by atoms with Crippen molar-refractivity contribution in [2.24, 2.45) is 17.3 Å². The van der Waals surface area contributed by atoms with E-state index < -0.39 is 5.97 Å². The predicted molar refractivity (Wildman–Crippen MR) is 60.8 cm³/mol. The Morgan fingerprint density at radius 1 is 1.50 bits per heavy atom. The van der Waals surface area contributed by atoms with Crippen molar-refractivity contribution >= 4 is 12.0 Å². The van der Waals surface area contributed by atoms with E-state index in [1.54, 1.807) is 6.26 Å². The lowest BCUT2D eigenvalue weighted by Gasteiger charge is -2.01. The third-order valence-corrected chi connectivity index (χ3v) is 3.50. The SMILES string of the molecule is C/C(=C\c1ccco1)C1C(C(=O)O)C1(C)C. The number of carboxylic acids is 1. The molecule has 0 aliphatic heterocycles. The van der Waals surface area contributed by atoms with Crippen LogP contribution in [-0.2, 0) is 4.79 Å². The van der Waals surface area contributed by atoms with Crippen LogP contribution in [0.3, 0.4) is 0 Å². The van der Waals surface area contributed by atoms with E-state index in [0.717, 1.165) is 11.3 Å². The number of hydrogen-bond acceptors (Lipinski definition) is 2. The molecule has 1 heterocycles. The van der Waals surface area contributed by atoms with Gasteiger partial charge in [-0.2, -0.15) is 0 Å².